The van der Waals surface area contributed by atoms with E-state index in [1.54, 1.807) is 0 Å². The summed E-state index contributed by atoms with van der Waals surface area (Å²) in [6, 6.07) is 5.72. The van der Waals surface area contributed by atoms with E-state index in [4.69, 9.17) is 4.74 Å². The van der Waals surface area contributed by atoms with Gasteiger partial charge in [-0.05, 0) is 18.6 Å². The van der Waals surface area contributed by atoms with Crippen molar-refractivity contribution >= 4 is 11.7 Å². The number of rotatable bonds is 3. The molecule has 0 amide bonds. The summed E-state index contributed by atoms with van der Waals surface area (Å²) in [6.07, 6.45) is 1.06. The summed E-state index contributed by atoms with van der Waals surface area (Å²) in [4.78, 5) is 11.6. The zero-order chi connectivity index (χ0) is 11.5. The number of benzene rings is 1. The molecule has 0 aliphatic carbocycles. The van der Waals surface area contributed by atoms with Crippen LogP contribution in [0.4, 0.5) is 5.69 Å². The van der Waals surface area contributed by atoms with Crippen molar-refractivity contribution in [2.24, 2.45) is 0 Å². The first kappa shape index (κ1) is 11.0. The number of hydrazine groups is 1. The zero-order valence-corrected chi connectivity index (χ0v) is 9.62. The number of ether oxygens (including phenoxy) is 1. The van der Waals surface area contributed by atoms with Gasteiger partial charge in [-0.2, -0.15) is 0 Å². The van der Waals surface area contributed by atoms with Gasteiger partial charge in [0.1, 0.15) is 0 Å². The van der Waals surface area contributed by atoms with Gasteiger partial charge in [0.05, 0.1) is 18.4 Å². The third-order valence-electron chi connectivity index (χ3n) is 2.74. The summed E-state index contributed by atoms with van der Waals surface area (Å²) < 4.78 is 4.77. The maximum atomic E-state index is 11.6. The van der Waals surface area contributed by atoms with Crippen LogP contribution >= 0.6 is 0 Å². The fraction of sp³-hybridized carbons (Fsp3) is 0.417. The van der Waals surface area contributed by atoms with E-state index >= 15 is 0 Å². The summed E-state index contributed by atoms with van der Waals surface area (Å²) in [5, 5.41) is 2.09. The van der Waals surface area contributed by atoms with E-state index in [0.29, 0.717) is 12.1 Å². The number of fused-ring (bicyclic) bond motifs is 1. The third-order valence-corrected chi connectivity index (χ3v) is 2.74. The average Bonchev–Trinajstić information content (AvgIpc) is 2.72. The van der Waals surface area contributed by atoms with E-state index in [9.17, 15) is 4.79 Å². The highest BCUT2D eigenvalue weighted by atomic mass is 16.5. The zero-order valence-electron chi connectivity index (χ0n) is 9.62. The Morgan fingerprint density at radius 2 is 2.38 bits per heavy atom. The molecule has 0 saturated carbocycles. The molecule has 1 aliphatic heterocycles. The van der Waals surface area contributed by atoms with Crippen LogP contribution < -0.4 is 10.4 Å². The van der Waals surface area contributed by atoms with Gasteiger partial charge in [-0.3, -0.25) is 0 Å². The average molecular weight is 220 g/mol. The molecular formula is C12H16N2O2. The number of methoxy groups -OCH3 is 1. The van der Waals surface area contributed by atoms with E-state index in [1.807, 2.05) is 18.2 Å². The normalized spacial score (nSPS) is 13.8. The molecule has 86 valence electrons. The number of nitrogens with zero attached hydrogens (tertiary/aromatic N) is 1. The minimum Gasteiger partial charge on any atom is -0.465 e. The van der Waals surface area contributed by atoms with E-state index in [0.717, 1.165) is 24.2 Å². The molecule has 2 rings (SSSR count). The van der Waals surface area contributed by atoms with E-state index in [1.165, 1.54) is 7.11 Å². The second-order valence-corrected chi connectivity index (χ2v) is 3.78. The SMILES string of the molecule is CCCN1NCc2c(C(=O)OC)cccc21. The molecule has 0 aromatic heterocycles. The maximum absolute atomic E-state index is 11.6. The first-order valence-corrected chi connectivity index (χ1v) is 5.49. The topological polar surface area (TPSA) is 41.6 Å². The smallest absolute Gasteiger partial charge is 0.338 e. The molecule has 0 spiro atoms. The molecule has 1 aromatic rings. The van der Waals surface area contributed by atoms with Crippen molar-refractivity contribution in [3.05, 3.63) is 29.3 Å². The van der Waals surface area contributed by atoms with Gasteiger partial charge in [0, 0.05) is 18.7 Å². The summed E-state index contributed by atoms with van der Waals surface area (Å²) in [5.41, 5.74) is 6.04. The lowest BCUT2D eigenvalue weighted by Crippen LogP contribution is -2.32. The van der Waals surface area contributed by atoms with Crippen LogP contribution in [-0.4, -0.2) is 19.6 Å². The Morgan fingerprint density at radius 1 is 1.56 bits per heavy atom. The Kier molecular flexibility index (Phi) is 3.10. The molecule has 4 heteroatoms. The monoisotopic (exact) mass is 220 g/mol. The van der Waals surface area contributed by atoms with Crippen LogP contribution in [0.5, 0.6) is 0 Å². The number of anilines is 1. The molecule has 0 saturated heterocycles. The van der Waals surface area contributed by atoms with Gasteiger partial charge >= 0.3 is 5.97 Å². The minimum absolute atomic E-state index is 0.267. The molecule has 0 unspecified atom stereocenters. The van der Waals surface area contributed by atoms with Gasteiger partial charge in [-0.15, -0.1) is 0 Å². The highest BCUT2D eigenvalue weighted by molar-refractivity contribution is 5.93. The molecule has 1 heterocycles. The predicted octanol–water partition coefficient (Wildman–Crippen LogP) is 1.71. The van der Waals surface area contributed by atoms with Gasteiger partial charge in [0.25, 0.3) is 0 Å². The summed E-state index contributed by atoms with van der Waals surface area (Å²) >= 11 is 0. The summed E-state index contributed by atoms with van der Waals surface area (Å²) in [5.74, 6) is -0.267. The summed E-state index contributed by atoms with van der Waals surface area (Å²) in [7, 11) is 1.41. The van der Waals surface area contributed by atoms with Crippen molar-refractivity contribution in [1.29, 1.82) is 0 Å². The van der Waals surface area contributed by atoms with Crippen LogP contribution in [0.3, 0.4) is 0 Å². The number of carbonyl (C=O) groups excluding carboxylic acids is 1. The minimum atomic E-state index is -0.267. The van der Waals surface area contributed by atoms with Crippen molar-refractivity contribution in [3.8, 4) is 0 Å². The van der Waals surface area contributed by atoms with Gasteiger partial charge in [-0.1, -0.05) is 13.0 Å². The number of esters is 1. The van der Waals surface area contributed by atoms with Gasteiger partial charge in [0.2, 0.25) is 0 Å². The molecule has 0 fully saturated rings. The molecule has 16 heavy (non-hydrogen) atoms. The molecule has 0 bridgehead atoms. The van der Waals surface area contributed by atoms with Crippen LogP contribution in [-0.2, 0) is 11.3 Å². The van der Waals surface area contributed by atoms with Crippen molar-refractivity contribution < 1.29 is 9.53 Å². The molecule has 0 atom stereocenters. The Morgan fingerprint density at radius 3 is 3.06 bits per heavy atom. The van der Waals surface area contributed by atoms with E-state index < -0.39 is 0 Å². The molecule has 1 aliphatic rings. The number of hydrogen-bond donors (Lipinski definition) is 1. The highest BCUT2D eigenvalue weighted by Gasteiger charge is 2.23. The van der Waals surface area contributed by atoms with Crippen LogP contribution in [0.15, 0.2) is 18.2 Å². The Hall–Kier alpha value is -1.55. The van der Waals surface area contributed by atoms with Crippen LogP contribution in [0.25, 0.3) is 0 Å². The fourth-order valence-corrected chi connectivity index (χ4v) is 2.00. The molecular weight excluding hydrogens is 204 g/mol. The van der Waals surface area contributed by atoms with E-state index in [-0.39, 0.29) is 5.97 Å². The van der Waals surface area contributed by atoms with Crippen molar-refractivity contribution in [2.75, 3.05) is 18.7 Å². The lowest BCUT2D eigenvalue weighted by atomic mass is 10.1. The first-order chi connectivity index (χ1) is 7.77. The number of hydrogen-bond acceptors (Lipinski definition) is 4. The number of nitrogens with one attached hydrogen (secondary N) is 1. The Labute approximate surface area is 95.2 Å². The van der Waals surface area contributed by atoms with Crippen LogP contribution in [0, 0.1) is 0 Å². The lowest BCUT2D eigenvalue weighted by Gasteiger charge is -2.18. The quantitative estimate of drug-likeness (QED) is 0.787. The third kappa shape index (κ3) is 1.76. The Bertz CT molecular complexity index is 404. The van der Waals surface area contributed by atoms with Gasteiger partial charge < -0.3 is 9.75 Å². The number of carbonyl (C=O) groups is 1. The predicted molar refractivity (Wildman–Crippen MR) is 62.3 cm³/mol. The lowest BCUT2D eigenvalue weighted by molar-refractivity contribution is 0.0599. The largest absolute Gasteiger partial charge is 0.465 e. The molecule has 1 aromatic carbocycles. The van der Waals surface area contributed by atoms with Crippen LogP contribution in [0.2, 0.25) is 0 Å². The standard InChI is InChI=1S/C12H16N2O2/c1-3-7-14-11-6-4-5-9(12(15)16-2)10(11)8-13-14/h4-6,13H,3,7-8H2,1-2H3. The fourth-order valence-electron chi connectivity index (χ4n) is 2.00. The van der Waals surface area contributed by atoms with Crippen LogP contribution in [0.1, 0.15) is 29.3 Å². The maximum Gasteiger partial charge on any atom is 0.338 e. The van der Waals surface area contributed by atoms with Crippen molar-refractivity contribution in [3.63, 3.8) is 0 Å². The van der Waals surface area contributed by atoms with Crippen molar-refractivity contribution in [2.45, 2.75) is 19.9 Å². The summed E-state index contributed by atoms with van der Waals surface area (Å²) in [6.45, 7) is 3.77. The van der Waals surface area contributed by atoms with Gasteiger partial charge in [-0.25, -0.2) is 10.2 Å². The highest BCUT2D eigenvalue weighted by Crippen LogP contribution is 2.28. The molecule has 0 radical (unpaired) electrons. The van der Waals surface area contributed by atoms with Crippen molar-refractivity contribution in [1.82, 2.24) is 5.43 Å². The van der Waals surface area contributed by atoms with E-state index in [2.05, 4.69) is 17.4 Å². The Balaban J connectivity index is 2.36. The molecule has 4 nitrogen and oxygen atoms in total. The second-order valence-electron chi connectivity index (χ2n) is 3.78. The molecule has 1 N–H and O–H groups in total. The second kappa shape index (κ2) is 4.53. The van der Waals surface area contributed by atoms with Gasteiger partial charge in [0.15, 0.2) is 0 Å². The first-order valence-electron chi connectivity index (χ1n) is 5.49.